The Labute approximate surface area is 202 Å². The number of aromatic amines is 1. The summed E-state index contributed by atoms with van der Waals surface area (Å²) in [4.78, 5) is 22.1. The number of hydrogen-bond acceptors (Lipinski definition) is 9. The number of ether oxygens (including phenoxy) is 2. The lowest BCUT2D eigenvalue weighted by Gasteiger charge is -2.06. The second kappa shape index (κ2) is 9.41. The Bertz CT molecular complexity index is 1480. The van der Waals surface area contributed by atoms with Crippen molar-refractivity contribution in [1.82, 2.24) is 19.7 Å². The summed E-state index contributed by atoms with van der Waals surface area (Å²) >= 11 is 2.67. The van der Waals surface area contributed by atoms with Crippen molar-refractivity contribution in [3.63, 3.8) is 0 Å². The first-order chi connectivity index (χ1) is 16.7. The molecule has 0 fully saturated rings. The number of nitrogens with zero attached hydrogens (tertiary/aromatic N) is 5. The van der Waals surface area contributed by atoms with Crippen molar-refractivity contribution >= 4 is 33.5 Å². The molecule has 2 aromatic carbocycles. The van der Waals surface area contributed by atoms with Gasteiger partial charge in [0.15, 0.2) is 5.69 Å². The molecule has 0 radical (unpaired) electrons. The molecule has 9 nitrogen and oxygen atoms in total. The van der Waals surface area contributed by atoms with Crippen LogP contribution in [0.25, 0.3) is 27.6 Å². The van der Waals surface area contributed by atoms with Crippen molar-refractivity contribution in [3.05, 3.63) is 75.8 Å². The van der Waals surface area contributed by atoms with Gasteiger partial charge in [-0.25, -0.2) is 9.97 Å². The first-order valence-corrected chi connectivity index (χ1v) is 11.8. The number of methoxy groups -OCH3 is 2. The molecule has 0 atom stereocenters. The molecular weight excluding hydrogens is 472 g/mol. The molecule has 3 heterocycles. The van der Waals surface area contributed by atoms with Crippen molar-refractivity contribution in [2.45, 2.75) is 0 Å². The van der Waals surface area contributed by atoms with Gasteiger partial charge in [0.05, 0.1) is 25.6 Å². The van der Waals surface area contributed by atoms with Crippen molar-refractivity contribution < 1.29 is 9.47 Å². The van der Waals surface area contributed by atoms with E-state index in [0.717, 1.165) is 11.1 Å². The number of nitrogens with one attached hydrogen (secondary N) is 1. The van der Waals surface area contributed by atoms with Crippen molar-refractivity contribution in [3.8, 4) is 39.1 Å². The summed E-state index contributed by atoms with van der Waals surface area (Å²) < 4.78 is 12.1. The van der Waals surface area contributed by atoms with Crippen LogP contribution >= 0.6 is 22.7 Å². The summed E-state index contributed by atoms with van der Waals surface area (Å²) in [6.07, 6.45) is 1.64. The van der Waals surface area contributed by atoms with Gasteiger partial charge in [0.1, 0.15) is 11.5 Å². The molecule has 3 aromatic heterocycles. The van der Waals surface area contributed by atoms with Gasteiger partial charge in [0.25, 0.3) is 0 Å². The van der Waals surface area contributed by atoms with Crippen LogP contribution < -0.4 is 15.0 Å². The third-order valence-corrected chi connectivity index (χ3v) is 6.40. The number of azo groups is 1. The Morgan fingerprint density at radius 1 is 0.971 bits per heavy atom. The Balaban J connectivity index is 1.59. The predicted octanol–water partition coefficient (Wildman–Crippen LogP) is 5.85. The minimum atomic E-state index is -0.358. The summed E-state index contributed by atoms with van der Waals surface area (Å²) in [6.45, 7) is 0. The van der Waals surface area contributed by atoms with Gasteiger partial charge in [-0.3, -0.25) is 9.89 Å². The first kappa shape index (κ1) is 21.7. The van der Waals surface area contributed by atoms with Crippen LogP contribution in [0.2, 0.25) is 0 Å². The van der Waals surface area contributed by atoms with Gasteiger partial charge in [-0.15, -0.1) is 32.9 Å². The predicted molar refractivity (Wildman–Crippen MR) is 132 cm³/mol. The normalized spacial score (nSPS) is 11.2. The fourth-order valence-electron chi connectivity index (χ4n) is 3.27. The molecule has 34 heavy (non-hydrogen) atoms. The van der Waals surface area contributed by atoms with E-state index in [2.05, 4.69) is 25.3 Å². The summed E-state index contributed by atoms with van der Waals surface area (Å²) in [5.74, 6) is 1.30. The van der Waals surface area contributed by atoms with E-state index in [-0.39, 0.29) is 11.2 Å². The highest BCUT2D eigenvalue weighted by Crippen LogP contribution is 2.32. The average Bonchev–Trinajstić information content (AvgIpc) is 3.63. The zero-order valence-electron chi connectivity index (χ0n) is 18.1. The molecule has 0 amide bonds. The lowest BCUT2D eigenvalue weighted by atomic mass is 10.1. The largest absolute Gasteiger partial charge is 0.497 e. The molecule has 0 aliphatic rings. The lowest BCUT2D eigenvalue weighted by Crippen LogP contribution is -2.13. The summed E-state index contributed by atoms with van der Waals surface area (Å²) in [5.41, 5.74) is 2.67. The van der Waals surface area contributed by atoms with Gasteiger partial charge in [-0.1, -0.05) is 30.3 Å². The third-order valence-electron chi connectivity index (χ3n) is 4.91. The molecule has 1 N–H and O–H groups in total. The van der Waals surface area contributed by atoms with E-state index in [1.54, 1.807) is 31.9 Å². The minimum absolute atomic E-state index is 0.182. The molecule has 0 saturated heterocycles. The maximum Gasteiger partial charge on any atom is 0.301 e. The van der Waals surface area contributed by atoms with Gasteiger partial charge >= 0.3 is 5.56 Å². The second-order valence-electron chi connectivity index (χ2n) is 6.97. The molecule has 0 aliphatic heterocycles. The van der Waals surface area contributed by atoms with Gasteiger partial charge in [-0.05, 0) is 12.1 Å². The van der Waals surface area contributed by atoms with E-state index < -0.39 is 0 Å². The highest BCUT2D eigenvalue weighted by molar-refractivity contribution is 7.13. The van der Waals surface area contributed by atoms with Crippen molar-refractivity contribution in [2.75, 3.05) is 14.2 Å². The molecule has 5 rings (SSSR count). The Hall–Kier alpha value is -4.09. The molecule has 0 saturated carbocycles. The summed E-state index contributed by atoms with van der Waals surface area (Å²) in [6, 6.07) is 15.0. The standard InChI is InChI=1S/C23H18N6O3S2/c1-31-16-10-15(11-17(12-16)32-2)18-13-34-23(25-18)29-21(30)20(26-27-22-24-8-9-33-22)19(28-29)14-6-4-3-5-7-14/h3-13,28H,1-2H3. The van der Waals surface area contributed by atoms with Crippen LogP contribution in [0.4, 0.5) is 10.8 Å². The van der Waals surface area contributed by atoms with E-state index in [9.17, 15) is 4.79 Å². The molecule has 0 unspecified atom stereocenters. The quantitative estimate of drug-likeness (QED) is 0.288. The van der Waals surface area contributed by atoms with E-state index in [1.165, 1.54) is 27.4 Å². The van der Waals surface area contributed by atoms with E-state index in [0.29, 0.717) is 33.1 Å². The highest BCUT2D eigenvalue weighted by Gasteiger charge is 2.19. The number of thiazole rings is 2. The van der Waals surface area contributed by atoms with Crippen LogP contribution in [0.15, 0.2) is 80.5 Å². The number of hydrogen-bond donors (Lipinski definition) is 1. The number of rotatable bonds is 7. The maximum absolute atomic E-state index is 13.4. The highest BCUT2D eigenvalue weighted by atomic mass is 32.1. The third kappa shape index (κ3) is 4.26. The van der Waals surface area contributed by atoms with Crippen LogP contribution in [0.5, 0.6) is 11.5 Å². The summed E-state index contributed by atoms with van der Waals surface area (Å²) in [7, 11) is 3.19. The zero-order valence-corrected chi connectivity index (χ0v) is 19.8. The molecule has 11 heteroatoms. The minimum Gasteiger partial charge on any atom is -0.497 e. The van der Waals surface area contributed by atoms with Crippen LogP contribution in [-0.2, 0) is 0 Å². The van der Waals surface area contributed by atoms with Crippen LogP contribution in [0.1, 0.15) is 0 Å². The fraction of sp³-hybridized carbons (Fsp3) is 0.0870. The molecule has 0 aliphatic carbocycles. The van der Waals surface area contributed by atoms with Crippen LogP contribution in [0, 0.1) is 0 Å². The average molecular weight is 491 g/mol. The molecule has 0 spiro atoms. The van der Waals surface area contributed by atoms with Gasteiger partial charge in [0, 0.05) is 34.2 Å². The molecule has 5 aromatic rings. The lowest BCUT2D eigenvalue weighted by molar-refractivity contribution is 0.394. The van der Waals surface area contributed by atoms with Crippen molar-refractivity contribution in [2.24, 2.45) is 10.2 Å². The first-order valence-electron chi connectivity index (χ1n) is 10.1. The number of aromatic nitrogens is 4. The van der Waals surface area contributed by atoms with Crippen molar-refractivity contribution in [1.29, 1.82) is 0 Å². The van der Waals surface area contributed by atoms with Gasteiger partial charge < -0.3 is 9.47 Å². The number of benzene rings is 2. The maximum atomic E-state index is 13.4. The monoisotopic (exact) mass is 490 g/mol. The van der Waals surface area contributed by atoms with Gasteiger partial charge in [0.2, 0.25) is 10.3 Å². The van der Waals surface area contributed by atoms with E-state index >= 15 is 0 Å². The molecule has 170 valence electrons. The molecule has 0 bridgehead atoms. The number of H-pyrrole nitrogens is 1. The molecular formula is C23H18N6O3S2. The SMILES string of the molecule is COc1cc(OC)cc(-c2csc(-n3[nH]c(-c4ccccc4)c(N=Nc4nccs4)c3=O)n2)c1. The topological polar surface area (TPSA) is 107 Å². The summed E-state index contributed by atoms with van der Waals surface area (Å²) in [5, 5.41) is 16.1. The Morgan fingerprint density at radius 3 is 2.41 bits per heavy atom. The van der Waals surface area contributed by atoms with Crippen LogP contribution in [0.3, 0.4) is 0 Å². The Kier molecular flexibility index (Phi) is 6.02. The Morgan fingerprint density at radius 2 is 1.74 bits per heavy atom. The fourth-order valence-corrected chi connectivity index (χ4v) is 4.52. The second-order valence-corrected chi connectivity index (χ2v) is 8.68. The smallest absolute Gasteiger partial charge is 0.301 e. The van der Waals surface area contributed by atoms with E-state index in [4.69, 9.17) is 9.47 Å². The van der Waals surface area contributed by atoms with Crippen LogP contribution in [-0.4, -0.2) is 34.0 Å². The zero-order chi connectivity index (χ0) is 23.5. The van der Waals surface area contributed by atoms with E-state index in [1.807, 2.05) is 47.8 Å². The van der Waals surface area contributed by atoms with Gasteiger partial charge in [-0.2, -0.15) is 4.68 Å².